The van der Waals surface area contributed by atoms with Gasteiger partial charge < -0.3 is 0 Å². The highest BCUT2D eigenvalue weighted by atomic mass is 32.2. The average Bonchev–Trinajstić information content (AvgIpc) is 2.16. The average molecular weight is 205 g/mol. The van der Waals surface area contributed by atoms with Gasteiger partial charge in [0.05, 0.1) is 10.7 Å². The summed E-state index contributed by atoms with van der Waals surface area (Å²) in [7, 11) is 0. The van der Waals surface area contributed by atoms with E-state index in [0.717, 1.165) is 11.4 Å². The van der Waals surface area contributed by atoms with E-state index in [-0.39, 0.29) is 5.41 Å². The molecule has 0 radical (unpaired) electrons. The summed E-state index contributed by atoms with van der Waals surface area (Å²) in [6.45, 7) is 6.65. The lowest BCUT2D eigenvalue weighted by Crippen LogP contribution is -2.18. The minimum Gasteiger partial charge on any atom is -0.246 e. The van der Waals surface area contributed by atoms with Crippen LogP contribution in [0.25, 0.3) is 0 Å². The van der Waals surface area contributed by atoms with Crippen LogP contribution in [0.1, 0.15) is 26.3 Å². The van der Waals surface area contributed by atoms with Gasteiger partial charge >= 0.3 is 0 Å². The molecule has 2 rings (SSSR count). The first-order chi connectivity index (χ1) is 6.57. The predicted molar refractivity (Wildman–Crippen MR) is 64.3 cm³/mol. The molecule has 0 atom stereocenters. The quantitative estimate of drug-likeness (QED) is 0.623. The van der Waals surface area contributed by atoms with Gasteiger partial charge in [0, 0.05) is 11.2 Å². The van der Waals surface area contributed by atoms with Gasteiger partial charge in [0.15, 0.2) is 0 Å². The third-order valence-corrected chi connectivity index (χ3v) is 3.65. The SMILES string of the molecule is CC(C)(C)C1=Nc2ccccc2CS1. The van der Waals surface area contributed by atoms with Gasteiger partial charge in [0.2, 0.25) is 0 Å². The van der Waals surface area contributed by atoms with Crippen LogP contribution in [0.5, 0.6) is 0 Å². The number of fused-ring (bicyclic) bond motifs is 1. The van der Waals surface area contributed by atoms with Crippen molar-refractivity contribution in [1.82, 2.24) is 0 Å². The van der Waals surface area contributed by atoms with Crippen molar-refractivity contribution in [3.63, 3.8) is 0 Å². The Balaban J connectivity index is 2.41. The molecular weight excluding hydrogens is 190 g/mol. The number of nitrogens with zero attached hydrogens (tertiary/aromatic N) is 1. The van der Waals surface area contributed by atoms with E-state index in [2.05, 4.69) is 45.0 Å². The number of hydrogen-bond acceptors (Lipinski definition) is 2. The molecule has 0 saturated carbocycles. The summed E-state index contributed by atoms with van der Waals surface area (Å²) < 4.78 is 0. The summed E-state index contributed by atoms with van der Waals surface area (Å²) in [4.78, 5) is 4.70. The molecule has 1 heterocycles. The summed E-state index contributed by atoms with van der Waals surface area (Å²) >= 11 is 1.86. The molecule has 0 aliphatic carbocycles. The zero-order valence-corrected chi connectivity index (χ0v) is 9.69. The molecular formula is C12H15NS. The number of aliphatic imine (C=N–C) groups is 1. The number of rotatable bonds is 0. The van der Waals surface area contributed by atoms with E-state index >= 15 is 0 Å². The summed E-state index contributed by atoms with van der Waals surface area (Å²) in [5.74, 6) is 1.06. The maximum Gasteiger partial charge on any atom is 0.0795 e. The van der Waals surface area contributed by atoms with Gasteiger partial charge in [0.1, 0.15) is 0 Å². The van der Waals surface area contributed by atoms with E-state index in [1.54, 1.807) is 0 Å². The maximum absolute atomic E-state index is 4.70. The van der Waals surface area contributed by atoms with E-state index in [9.17, 15) is 0 Å². The van der Waals surface area contributed by atoms with E-state index in [0.29, 0.717) is 0 Å². The number of thioether (sulfide) groups is 1. The first-order valence-electron chi connectivity index (χ1n) is 4.87. The minimum atomic E-state index is 0.179. The van der Waals surface area contributed by atoms with Crippen molar-refractivity contribution >= 4 is 22.5 Å². The summed E-state index contributed by atoms with van der Waals surface area (Å²) in [6.07, 6.45) is 0. The zero-order chi connectivity index (χ0) is 10.2. The largest absolute Gasteiger partial charge is 0.246 e. The highest BCUT2D eigenvalue weighted by Crippen LogP contribution is 2.36. The minimum absolute atomic E-state index is 0.179. The van der Waals surface area contributed by atoms with E-state index < -0.39 is 0 Å². The molecule has 1 aliphatic heterocycles. The lowest BCUT2D eigenvalue weighted by atomic mass is 9.98. The lowest BCUT2D eigenvalue weighted by Gasteiger charge is -2.24. The Morgan fingerprint density at radius 3 is 2.64 bits per heavy atom. The Hall–Kier alpha value is -0.760. The normalized spacial score (nSPS) is 16.1. The summed E-state index contributed by atoms with van der Waals surface area (Å²) in [5, 5.41) is 1.25. The third kappa shape index (κ3) is 1.85. The second-order valence-electron chi connectivity index (χ2n) is 4.58. The van der Waals surface area contributed by atoms with Gasteiger partial charge in [-0.25, -0.2) is 4.99 Å². The van der Waals surface area contributed by atoms with Crippen LogP contribution >= 0.6 is 11.8 Å². The van der Waals surface area contributed by atoms with Crippen molar-refractivity contribution < 1.29 is 0 Å². The summed E-state index contributed by atoms with van der Waals surface area (Å²) in [5.41, 5.74) is 2.68. The Labute approximate surface area is 89.6 Å². The molecule has 1 nitrogen and oxygen atoms in total. The fourth-order valence-corrected chi connectivity index (χ4v) is 2.55. The molecule has 0 saturated heterocycles. The molecule has 2 heteroatoms. The van der Waals surface area contributed by atoms with Crippen LogP contribution in [-0.2, 0) is 5.75 Å². The molecule has 0 N–H and O–H groups in total. The molecule has 1 aliphatic rings. The Bertz CT molecular complexity index is 374. The van der Waals surface area contributed by atoms with Crippen molar-refractivity contribution in [2.75, 3.05) is 0 Å². The van der Waals surface area contributed by atoms with E-state index in [1.807, 2.05) is 11.8 Å². The highest BCUT2D eigenvalue weighted by Gasteiger charge is 2.23. The van der Waals surface area contributed by atoms with Crippen LogP contribution in [0.15, 0.2) is 29.3 Å². The molecule has 0 aromatic heterocycles. The van der Waals surface area contributed by atoms with Crippen molar-refractivity contribution in [3.05, 3.63) is 29.8 Å². The van der Waals surface area contributed by atoms with Gasteiger partial charge in [-0.1, -0.05) is 39.0 Å². The van der Waals surface area contributed by atoms with E-state index in [4.69, 9.17) is 4.99 Å². The highest BCUT2D eigenvalue weighted by molar-refractivity contribution is 8.13. The molecule has 0 unspecified atom stereocenters. The Morgan fingerprint density at radius 2 is 1.93 bits per heavy atom. The van der Waals surface area contributed by atoms with Crippen molar-refractivity contribution in [1.29, 1.82) is 0 Å². The van der Waals surface area contributed by atoms with Gasteiger partial charge in [0.25, 0.3) is 0 Å². The summed E-state index contributed by atoms with van der Waals surface area (Å²) in [6, 6.07) is 8.39. The predicted octanol–water partition coefficient (Wildman–Crippen LogP) is 4.01. The van der Waals surface area contributed by atoms with Crippen LogP contribution < -0.4 is 0 Å². The van der Waals surface area contributed by atoms with Crippen LogP contribution in [0.2, 0.25) is 0 Å². The third-order valence-electron chi connectivity index (χ3n) is 2.22. The van der Waals surface area contributed by atoms with Crippen molar-refractivity contribution in [2.45, 2.75) is 26.5 Å². The number of para-hydroxylation sites is 1. The van der Waals surface area contributed by atoms with Gasteiger partial charge in [-0.15, -0.1) is 11.8 Å². The van der Waals surface area contributed by atoms with Crippen molar-refractivity contribution in [3.8, 4) is 0 Å². The van der Waals surface area contributed by atoms with Crippen molar-refractivity contribution in [2.24, 2.45) is 10.4 Å². The maximum atomic E-state index is 4.70. The molecule has 0 bridgehead atoms. The molecule has 1 aromatic rings. The molecule has 0 fully saturated rings. The standard InChI is InChI=1S/C12H15NS/c1-12(2,3)11-13-10-7-5-4-6-9(10)8-14-11/h4-7H,8H2,1-3H3. The molecule has 74 valence electrons. The number of hydrogen-bond donors (Lipinski definition) is 0. The van der Waals surface area contributed by atoms with Gasteiger partial charge in [-0.3, -0.25) is 0 Å². The van der Waals surface area contributed by atoms with Crippen LogP contribution in [-0.4, -0.2) is 5.04 Å². The first-order valence-corrected chi connectivity index (χ1v) is 5.86. The Kier molecular flexibility index (Phi) is 2.40. The lowest BCUT2D eigenvalue weighted by molar-refractivity contribution is 0.601. The second kappa shape index (κ2) is 3.43. The van der Waals surface area contributed by atoms with Gasteiger partial charge in [-0.2, -0.15) is 0 Å². The fourth-order valence-electron chi connectivity index (χ4n) is 1.41. The fraction of sp³-hybridized carbons (Fsp3) is 0.417. The number of benzene rings is 1. The monoisotopic (exact) mass is 205 g/mol. The molecule has 0 amide bonds. The second-order valence-corrected chi connectivity index (χ2v) is 5.55. The van der Waals surface area contributed by atoms with Crippen LogP contribution in [0.4, 0.5) is 5.69 Å². The van der Waals surface area contributed by atoms with Crippen LogP contribution in [0, 0.1) is 5.41 Å². The van der Waals surface area contributed by atoms with E-state index in [1.165, 1.54) is 10.6 Å². The molecule has 0 spiro atoms. The Morgan fingerprint density at radius 1 is 1.21 bits per heavy atom. The molecule has 14 heavy (non-hydrogen) atoms. The molecule has 1 aromatic carbocycles. The topological polar surface area (TPSA) is 12.4 Å². The first kappa shape index (κ1) is 9.78. The zero-order valence-electron chi connectivity index (χ0n) is 8.87. The smallest absolute Gasteiger partial charge is 0.0795 e. The van der Waals surface area contributed by atoms with Crippen LogP contribution in [0.3, 0.4) is 0 Å². The van der Waals surface area contributed by atoms with Gasteiger partial charge in [-0.05, 0) is 11.6 Å².